The minimum Gasteiger partial charge on any atom is -0.309 e. The third-order valence-corrected chi connectivity index (χ3v) is 3.61. The highest BCUT2D eigenvalue weighted by molar-refractivity contribution is 7.11. The number of nitrogens with zero attached hydrogens (tertiary/aromatic N) is 1. The maximum absolute atomic E-state index is 4.40. The fourth-order valence-corrected chi connectivity index (χ4v) is 2.29. The van der Waals surface area contributed by atoms with Crippen molar-refractivity contribution in [2.75, 3.05) is 6.54 Å². The van der Waals surface area contributed by atoms with Gasteiger partial charge < -0.3 is 5.32 Å². The van der Waals surface area contributed by atoms with Crippen molar-refractivity contribution < 1.29 is 0 Å². The van der Waals surface area contributed by atoms with E-state index in [2.05, 4.69) is 24.1 Å². The molecule has 0 bridgehead atoms. The highest BCUT2D eigenvalue weighted by Gasteiger charge is 2.21. The molecule has 2 rings (SSSR count). The van der Waals surface area contributed by atoms with Crippen LogP contribution < -0.4 is 5.32 Å². The van der Waals surface area contributed by atoms with Gasteiger partial charge in [-0.1, -0.05) is 13.8 Å². The lowest BCUT2D eigenvalue weighted by Crippen LogP contribution is -2.34. The van der Waals surface area contributed by atoms with Crippen LogP contribution >= 0.6 is 11.3 Å². The van der Waals surface area contributed by atoms with Gasteiger partial charge in [0.25, 0.3) is 0 Å². The van der Waals surface area contributed by atoms with E-state index in [1.807, 2.05) is 17.5 Å². The van der Waals surface area contributed by atoms with Gasteiger partial charge in [-0.2, -0.15) is 0 Å². The zero-order chi connectivity index (χ0) is 8.55. The standard InChI is InChI=1S/C9H14N2S/c1-6(2)9-11-5-8(12-9)7-3-4-10-7/h5-7,10H,3-4H2,1-2H3. The van der Waals surface area contributed by atoms with Crippen LogP contribution in [-0.4, -0.2) is 11.5 Å². The molecule has 0 amide bonds. The van der Waals surface area contributed by atoms with Gasteiger partial charge in [0.15, 0.2) is 0 Å². The Labute approximate surface area is 77.0 Å². The lowest BCUT2D eigenvalue weighted by molar-refractivity contribution is 0.388. The quantitative estimate of drug-likeness (QED) is 0.759. The molecule has 0 spiro atoms. The van der Waals surface area contributed by atoms with E-state index in [1.54, 1.807) is 0 Å². The van der Waals surface area contributed by atoms with E-state index in [-0.39, 0.29) is 0 Å². The number of aromatic nitrogens is 1. The van der Waals surface area contributed by atoms with Crippen molar-refractivity contribution >= 4 is 11.3 Å². The highest BCUT2D eigenvalue weighted by atomic mass is 32.1. The van der Waals surface area contributed by atoms with Crippen molar-refractivity contribution in [1.29, 1.82) is 0 Å². The predicted octanol–water partition coefficient (Wildman–Crippen LogP) is 2.30. The summed E-state index contributed by atoms with van der Waals surface area (Å²) in [5.74, 6) is 0.573. The van der Waals surface area contributed by atoms with Gasteiger partial charge in [0.1, 0.15) is 0 Å². The summed E-state index contributed by atoms with van der Waals surface area (Å²) in [6.07, 6.45) is 3.30. The molecule has 1 N–H and O–H groups in total. The van der Waals surface area contributed by atoms with Crippen LogP contribution in [0.3, 0.4) is 0 Å². The Morgan fingerprint density at radius 3 is 2.83 bits per heavy atom. The van der Waals surface area contributed by atoms with Crippen molar-refractivity contribution in [3.8, 4) is 0 Å². The fraction of sp³-hybridized carbons (Fsp3) is 0.667. The molecule has 1 aromatic heterocycles. The van der Waals surface area contributed by atoms with E-state index in [0.717, 1.165) is 0 Å². The molecule has 1 fully saturated rings. The summed E-state index contributed by atoms with van der Waals surface area (Å²) in [7, 11) is 0. The molecule has 12 heavy (non-hydrogen) atoms. The van der Waals surface area contributed by atoms with Crippen LogP contribution in [-0.2, 0) is 0 Å². The Bertz CT molecular complexity index is 263. The van der Waals surface area contributed by atoms with E-state index in [1.165, 1.54) is 22.9 Å². The molecule has 0 saturated carbocycles. The maximum atomic E-state index is 4.40. The second-order valence-electron chi connectivity index (χ2n) is 3.55. The smallest absolute Gasteiger partial charge is 0.0953 e. The van der Waals surface area contributed by atoms with Crippen LogP contribution in [0.25, 0.3) is 0 Å². The first-order chi connectivity index (χ1) is 5.77. The average molecular weight is 182 g/mol. The molecule has 3 heteroatoms. The largest absolute Gasteiger partial charge is 0.309 e. The molecule has 1 saturated heterocycles. The molecular weight excluding hydrogens is 168 g/mol. The zero-order valence-electron chi connectivity index (χ0n) is 7.50. The van der Waals surface area contributed by atoms with Crippen molar-refractivity contribution in [3.05, 3.63) is 16.1 Å². The first kappa shape index (κ1) is 8.20. The van der Waals surface area contributed by atoms with Crippen molar-refractivity contribution in [1.82, 2.24) is 10.3 Å². The number of thiazole rings is 1. The molecule has 1 aliphatic rings. The van der Waals surface area contributed by atoms with Crippen LogP contribution in [0.15, 0.2) is 6.20 Å². The first-order valence-corrected chi connectivity index (χ1v) is 5.28. The normalized spacial score (nSPS) is 22.8. The van der Waals surface area contributed by atoms with Gasteiger partial charge in [-0.15, -0.1) is 11.3 Å². The molecule has 0 aromatic carbocycles. The average Bonchev–Trinajstić information content (AvgIpc) is 2.32. The number of hydrogen-bond acceptors (Lipinski definition) is 3. The number of hydrogen-bond donors (Lipinski definition) is 1. The summed E-state index contributed by atoms with van der Waals surface area (Å²) < 4.78 is 0. The predicted molar refractivity (Wildman–Crippen MR) is 51.6 cm³/mol. The molecular formula is C9H14N2S. The third-order valence-electron chi connectivity index (χ3n) is 2.20. The van der Waals surface area contributed by atoms with E-state index in [4.69, 9.17) is 0 Å². The molecule has 0 radical (unpaired) electrons. The second kappa shape index (κ2) is 3.15. The molecule has 1 aromatic rings. The maximum Gasteiger partial charge on any atom is 0.0953 e. The molecule has 66 valence electrons. The Morgan fingerprint density at radius 1 is 1.67 bits per heavy atom. The Kier molecular flexibility index (Phi) is 2.15. The molecule has 1 unspecified atom stereocenters. The van der Waals surface area contributed by atoms with Crippen molar-refractivity contribution in [2.24, 2.45) is 0 Å². The van der Waals surface area contributed by atoms with Crippen LogP contribution in [0.5, 0.6) is 0 Å². The summed E-state index contributed by atoms with van der Waals surface area (Å²) in [4.78, 5) is 5.80. The van der Waals surface area contributed by atoms with Gasteiger partial charge in [0.2, 0.25) is 0 Å². The second-order valence-corrected chi connectivity index (χ2v) is 4.64. The van der Waals surface area contributed by atoms with E-state index >= 15 is 0 Å². The van der Waals surface area contributed by atoms with Gasteiger partial charge in [-0.05, 0) is 13.0 Å². The van der Waals surface area contributed by atoms with Gasteiger partial charge in [0.05, 0.1) is 5.01 Å². The van der Waals surface area contributed by atoms with Crippen LogP contribution in [0.4, 0.5) is 0 Å². The zero-order valence-corrected chi connectivity index (χ0v) is 8.32. The van der Waals surface area contributed by atoms with Crippen molar-refractivity contribution in [3.63, 3.8) is 0 Å². The lowest BCUT2D eigenvalue weighted by Gasteiger charge is -2.25. The van der Waals surface area contributed by atoms with Crippen LogP contribution in [0.1, 0.15) is 42.1 Å². The lowest BCUT2D eigenvalue weighted by atomic mass is 10.1. The van der Waals surface area contributed by atoms with E-state index in [9.17, 15) is 0 Å². The summed E-state index contributed by atoms with van der Waals surface area (Å²) in [6.45, 7) is 5.55. The Morgan fingerprint density at radius 2 is 2.42 bits per heavy atom. The Hall–Kier alpha value is -0.410. The molecule has 2 heterocycles. The molecule has 1 atom stereocenters. The first-order valence-electron chi connectivity index (χ1n) is 4.46. The van der Waals surface area contributed by atoms with E-state index < -0.39 is 0 Å². The molecule has 2 nitrogen and oxygen atoms in total. The molecule has 1 aliphatic heterocycles. The summed E-state index contributed by atoms with van der Waals surface area (Å²) in [6, 6.07) is 0.606. The minimum atomic E-state index is 0.573. The van der Waals surface area contributed by atoms with Gasteiger partial charge in [0, 0.05) is 23.0 Å². The third kappa shape index (κ3) is 1.39. The number of rotatable bonds is 2. The SMILES string of the molecule is CC(C)c1ncc(C2CCN2)s1. The Balaban J connectivity index is 2.12. The van der Waals surface area contributed by atoms with Gasteiger partial charge >= 0.3 is 0 Å². The van der Waals surface area contributed by atoms with E-state index in [0.29, 0.717) is 12.0 Å². The molecule has 0 aliphatic carbocycles. The summed E-state index contributed by atoms with van der Waals surface area (Å²) >= 11 is 1.85. The minimum absolute atomic E-state index is 0.573. The van der Waals surface area contributed by atoms with Crippen LogP contribution in [0.2, 0.25) is 0 Å². The monoisotopic (exact) mass is 182 g/mol. The van der Waals surface area contributed by atoms with Crippen LogP contribution in [0, 0.1) is 0 Å². The van der Waals surface area contributed by atoms with Gasteiger partial charge in [-0.3, -0.25) is 0 Å². The summed E-state index contributed by atoms with van der Waals surface area (Å²) in [5, 5.41) is 4.65. The number of nitrogens with one attached hydrogen (secondary N) is 1. The summed E-state index contributed by atoms with van der Waals surface area (Å²) in [5.41, 5.74) is 0. The van der Waals surface area contributed by atoms with Crippen molar-refractivity contribution in [2.45, 2.75) is 32.2 Å². The van der Waals surface area contributed by atoms with Gasteiger partial charge in [-0.25, -0.2) is 4.98 Å². The topological polar surface area (TPSA) is 24.9 Å². The highest BCUT2D eigenvalue weighted by Crippen LogP contribution is 2.30. The fourth-order valence-electron chi connectivity index (χ4n) is 1.26.